The molecule has 0 bridgehead atoms. The predicted octanol–water partition coefficient (Wildman–Crippen LogP) is 8.42. The molecule has 0 spiro atoms. The van der Waals surface area contributed by atoms with E-state index in [4.69, 9.17) is 22.1 Å². The van der Waals surface area contributed by atoms with Gasteiger partial charge in [-0.2, -0.15) is 0 Å². The number of rotatable bonds is 10. The van der Waals surface area contributed by atoms with Gasteiger partial charge in [-0.25, -0.2) is 0 Å². The van der Waals surface area contributed by atoms with Crippen LogP contribution in [-0.4, -0.2) is 50.4 Å². The second-order valence-corrected chi connectivity index (χ2v) is 27.2. The van der Waals surface area contributed by atoms with Crippen molar-refractivity contribution in [2.24, 2.45) is 0 Å². The molecule has 0 radical (unpaired) electrons. The van der Waals surface area contributed by atoms with Crippen LogP contribution in [0.15, 0.2) is 12.3 Å². The second-order valence-electron chi connectivity index (χ2n) is 13.0. The second kappa shape index (κ2) is 11.8. The summed E-state index contributed by atoms with van der Waals surface area (Å²) in [5.74, 6) is 0. The van der Waals surface area contributed by atoms with Crippen molar-refractivity contribution < 1.29 is 22.1 Å². The van der Waals surface area contributed by atoms with Crippen molar-refractivity contribution in [1.29, 1.82) is 0 Å². The Bertz CT molecular complexity index is 667. The first kappa shape index (κ1) is 31.2. The third-order valence-electron chi connectivity index (χ3n) is 8.60. The van der Waals surface area contributed by atoms with E-state index >= 15 is 0 Å². The molecule has 8 heteroatoms. The van der Waals surface area contributed by atoms with Gasteiger partial charge in [-0.3, -0.25) is 0 Å². The summed E-state index contributed by atoms with van der Waals surface area (Å²) in [6.07, 6.45) is 3.28. The van der Waals surface area contributed by atoms with Gasteiger partial charge in [0.15, 0.2) is 0 Å². The van der Waals surface area contributed by atoms with Crippen molar-refractivity contribution in [3.8, 4) is 0 Å². The smallest absolute Gasteiger partial charge is 0.335 e. The van der Waals surface area contributed by atoms with Crippen molar-refractivity contribution in [2.75, 3.05) is 6.61 Å². The average Bonchev–Trinajstić information content (AvgIpc) is 2.90. The zero-order valence-corrected chi connectivity index (χ0v) is 28.2. The number of ether oxygens (including phenoxy) is 1. The highest BCUT2D eigenvalue weighted by molar-refractivity contribution is 6.84. The molecule has 0 amide bonds. The SMILES string of the molecule is CC(C)[Si]1(C(C)C)O[C@@H]2C(CO[Si](C(C)C)(C(C)C)C(C)C)OC=C[C@H]2O[Si](C(C)C)(C(C)C)O1. The maximum Gasteiger partial charge on any atom is 0.335 e. The maximum atomic E-state index is 7.34. The number of fused-ring (bicyclic) bond motifs is 1. The van der Waals surface area contributed by atoms with Gasteiger partial charge in [0.25, 0.3) is 0 Å². The van der Waals surface area contributed by atoms with Gasteiger partial charge in [-0.1, -0.05) is 96.9 Å². The summed E-state index contributed by atoms with van der Waals surface area (Å²) >= 11 is 0. The molecule has 0 aromatic carbocycles. The molecule has 35 heavy (non-hydrogen) atoms. The molecule has 1 saturated heterocycles. The van der Waals surface area contributed by atoms with Gasteiger partial charge < -0.3 is 22.1 Å². The number of hydrogen-bond acceptors (Lipinski definition) is 5. The van der Waals surface area contributed by atoms with E-state index in [1.807, 2.05) is 6.26 Å². The van der Waals surface area contributed by atoms with E-state index in [0.717, 1.165) is 0 Å². The molecular formula is C27H56O5Si3. The van der Waals surface area contributed by atoms with Crippen LogP contribution < -0.4 is 0 Å². The van der Waals surface area contributed by atoms with Gasteiger partial charge >= 0.3 is 17.1 Å². The minimum atomic E-state index is -2.66. The minimum Gasteiger partial charge on any atom is -0.493 e. The van der Waals surface area contributed by atoms with Crippen molar-refractivity contribution in [1.82, 2.24) is 0 Å². The molecule has 206 valence electrons. The highest BCUT2D eigenvalue weighted by Crippen LogP contribution is 2.49. The molecule has 0 aromatic rings. The number of hydrogen-bond donors (Lipinski definition) is 0. The Kier molecular flexibility index (Phi) is 10.6. The Hall–Kier alpha value is 0.0306. The van der Waals surface area contributed by atoms with E-state index in [1.165, 1.54) is 0 Å². The van der Waals surface area contributed by atoms with E-state index in [1.54, 1.807) is 0 Å². The van der Waals surface area contributed by atoms with Crippen LogP contribution in [0, 0.1) is 0 Å². The summed E-state index contributed by atoms with van der Waals surface area (Å²) in [4.78, 5) is 0. The van der Waals surface area contributed by atoms with Crippen LogP contribution >= 0.6 is 0 Å². The zero-order valence-electron chi connectivity index (χ0n) is 25.2. The molecular weight excluding hydrogens is 489 g/mol. The van der Waals surface area contributed by atoms with E-state index in [-0.39, 0.29) is 18.3 Å². The van der Waals surface area contributed by atoms with Crippen LogP contribution in [-0.2, 0) is 22.1 Å². The largest absolute Gasteiger partial charge is 0.493 e. The molecule has 2 aliphatic heterocycles. The lowest BCUT2D eigenvalue weighted by molar-refractivity contribution is -0.0652. The van der Waals surface area contributed by atoms with Gasteiger partial charge in [-0.05, 0) is 44.9 Å². The summed E-state index contributed by atoms with van der Waals surface area (Å²) in [5, 5.41) is 0. The summed E-state index contributed by atoms with van der Waals surface area (Å²) in [5.41, 5.74) is 2.82. The highest BCUT2D eigenvalue weighted by atomic mass is 28.5. The molecule has 2 aliphatic rings. The Morgan fingerprint density at radius 1 is 0.686 bits per heavy atom. The van der Waals surface area contributed by atoms with E-state index in [2.05, 4.69) is 103 Å². The molecule has 1 fully saturated rings. The molecule has 3 atom stereocenters. The average molecular weight is 545 g/mol. The van der Waals surface area contributed by atoms with E-state index < -0.39 is 25.4 Å². The Labute approximate surface area is 220 Å². The fraction of sp³-hybridized carbons (Fsp3) is 0.926. The first-order valence-corrected chi connectivity index (χ1v) is 20.2. The van der Waals surface area contributed by atoms with Gasteiger partial charge in [0.05, 0.1) is 19.0 Å². The van der Waals surface area contributed by atoms with Gasteiger partial charge in [0, 0.05) is 0 Å². The Morgan fingerprint density at radius 2 is 1.11 bits per heavy atom. The molecule has 5 nitrogen and oxygen atoms in total. The Balaban J connectivity index is 2.53. The lowest BCUT2D eigenvalue weighted by atomic mass is 10.1. The molecule has 1 unspecified atom stereocenters. The molecule has 0 aliphatic carbocycles. The highest BCUT2D eigenvalue weighted by Gasteiger charge is 2.62. The van der Waals surface area contributed by atoms with Crippen molar-refractivity contribution in [2.45, 2.75) is 154 Å². The van der Waals surface area contributed by atoms with Crippen molar-refractivity contribution in [3.63, 3.8) is 0 Å². The van der Waals surface area contributed by atoms with E-state index in [0.29, 0.717) is 45.4 Å². The monoisotopic (exact) mass is 544 g/mol. The summed E-state index contributed by atoms with van der Waals surface area (Å²) in [6, 6.07) is 0. The van der Waals surface area contributed by atoms with Crippen LogP contribution in [0.2, 0.25) is 38.8 Å². The van der Waals surface area contributed by atoms with Crippen LogP contribution in [0.25, 0.3) is 0 Å². The molecule has 0 saturated carbocycles. The third-order valence-corrected chi connectivity index (χ3v) is 24.9. The Morgan fingerprint density at radius 3 is 1.51 bits per heavy atom. The fourth-order valence-corrected chi connectivity index (χ4v) is 23.5. The summed E-state index contributed by atoms with van der Waals surface area (Å²) in [6.45, 7) is 32.7. The van der Waals surface area contributed by atoms with Crippen molar-refractivity contribution >= 4 is 25.4 Å². The third kappa shape index (κ3) is 5.73. The van der Waals surface area contributed by atoms with Crippen LogP contribution in [0.5, 0.6) is 0 Å². The van der Waals surface area contributed by atoms with Gasteiger partial charge in [-0.15, -0.1) is 0 Å². The fourth-order valence-electron chi connectivity index (χ4n) is 6.80. The maximum absolute atomic E-state index is 7.34. The lowest BCUT2D eigenvalue weighted by Crippen LogP contribution is -2.60. The predicted molar refractivity (Wildman–Crippen MR) is 154 cm³/mol. The molecule has 2 heterocycles. The van der Waals surface area contributed by atoms with E-state index in [9.17, 15) is 0 Å². The zero-order chi connectivity index (χ0) is 26.9. The molecule has 2 rings (SSSR count). The normalized spacial score (nSPS) is 26.8. The van der Waals surface area contributed by atoms with Crippen LogP contribution in [0.3, 0.4) is 0 Å². The van der Waals surface area contributed by atoms with Crippen molar-refractivity contribution in [3.05, 3.63) is 12.3 Å². The summed E-state index contributed by atoms with van der Waals surface area (Å²) < 4.78 is 35.0. The standard InChI is InChI=1S/C27H56O5Si3/c1-18(2)33(19(3)4,20(5)6)29-17-26-27-25(15-16-28-26)30-34(21(7)8,22(9)10)32-35(31-27,23(11)12)24(13)14/h15-16,18-27H,17H2,1-14H3/t25-,26?,27+/m1/s1. The van der Waals surface area contributed by atoms with Crippen LogP contribution in [0.4, 0.5) is 0 Å². The minimum absolute atomic E-state index is 0.172. The quantitative estimate of drug-likeness (QED) is 0.258. The van der Waals surface area contributed by atoms with Gasteiger partial charge in [0.2, 0.25) is 8.32 Å². The summed E-state index contributed by atoms with van der Waals surface area (Å²) in [7, 11) is -7.30. The first-order valence-electron chi connectivity index (χ1n) is 14.1. The first-order chi connectivity index (χ1) is 16.1. The van der Waals surface area contributed by atoms with Gasteiger partial charge in [0.1, 0.15) is 12.2 Å². The lowest BCUT2D eigenvalue weighted by Gasteiger charge is -2.46. The van der Waals surface area contributed by atoms with Crippen LogP contribution in [0.1, 0.15) is 96.9 Å². The molecule has 0 aromatic heterocycles. The molecule has 0 N–H and O–H groups in total. The topological polar surface area (TPSA) is 46.2 Å².